The summed E-state index contributed by atoms with van der Waals surface area (Å²) in [6.45, 7) is 2.35. The van der Waals surface area contributed by atoms with Crippen molar-refractivity contribution in [1.82, 2.24) is 9.97 Å². The summed E-state index contributed by atoms with van der Waals surface area (Å²) in [6.07, 6.45) is 1.71. The summed E-state index contributed by atoms with van der Waals surface area (Å²) < 4.78 is 0. The van der Waals surface area contributed by atoms with Crippen LogP contribution in [0.2, 0.25) is 5.02 Å². The van der Waals surface area contributed by atoms with Gasteiger partial charge in [0.15, 0.2) is 0 Å². The molecule has 0 amide bonds. The fraction of sp³-hybridized carbons (Fsp3) is 0.100. The van der Waals surface area contributed by atoms with E-state index in [1.165, 1.54) is 0 Å². The summed E-state index contributed by atoms with van der Waals surface area (Å²) in [5.41, 5.74) is 4.68. The molecule has 3 N–H and O–H groups in total. The minimum absolute atomic E-state index is 0.135. The lowest BCUT2D eigenvalue weighted by atomic mass is 10.1. The number of pyridine rings is 1. The van der Waals surface area contributed by atoms with Gasteiger partial charge in [0.05, 0.1) is 5.56 Å². The van der Waals surface area contributed by atoms with Crippen molar-refractivity contribution in [2.75, 3.05) is 5.32 Å². The highest BCUT2D eigenvalue weighted by Crippen LogP contribution is 2.26. The van der Waals surface area contributed by atoms with Crippen molar-refractivity contribution >= 4 is 39.1 Å². The van der Waals surface area contributed by atoms with Crippen LogP contribution in [0.4, 0.5) is 5.69 Å². The number of nitrogens with zero attached hydrogens (tertiary/aromatic N) is 1. The van der Waals surface area contributed by atoms with Crippen molar-refractivity contribution in [3.05, 3.63) is 74.7 Å². The van der Waals surface area contributed by atoms with Gasteiger partial charge in [-0.05, 0) is 48.9 Å². The summed E-state index contributed by atoms with van der Waals surface area (Å²) in [7, 11) is 0. The van der Waals surface area contributed by atoms with Crippen molar-refractivity contribution in [2.24, 2.45) is 0 Å². The zero-order chi connectivity index (χ0) is 18.3. The maximum atomic E-state index is 12.3. The van der Waals surface area contributed by atoms with Crippen LogP contribution in [0.3, 0.4) is 0 Å². The summed E-state index contributed by atoms with van der Waals surface area (Å²) in [6, 6.07) is 13.3. The lowest BCUT2D eigenvalue weighted by molar-refractivity contribution is 1.09. The van der Waals surface area contributed by atoms with Gasteiger partial charge in [0.1, 0.15) is 6.07 Å². The number of fused-ring (bicyclic) bond motifs is 2. The Bertz CT molecular complexity index is 1250. The molecule has 0 unspecified atom stereocenters. The average Bonchev–Trinajstić information content (AvgIpc) is 3.04. The van der Waals surface area contributed by atoms with Gasteiger partial charge in [-0.15, -0.1) is 0 Å². The Balaban J connectivity index is 1.68. The monoisotopic (exact) mass is 362 g/mol. The van der Waals surface area contributed by atoms with E-state index in [4.69, 9.17) is 11.6 Å². The first-order chi connectivity index (χ1) is 12.5. The largest absolute Gasteiger partial charge is 0.381 e. The van der Waals surface area contributed by atoms with Crippen molar-refractivity contribution in [1.29, 1.82) is 5.26 Å². The molecule has 0 aliphatic rings. The molecule has 2 heterocycles. The predicted molar refractivity (Wildman–Crippen MR) is 105 cm³/mol. The number of aromatic amines is 2. The van der Waals surface area contributed by atoms with Crippen LogP contribution in [0, 0.1) is 18.3 Å². The van der Waals surface area contributed by atoms with Crippen LogP contribution in [0.25, 0.3) is 21.8 Å². The first-order valence-corrected chi connectivity index (χ1v) is 8.50. The third-order valence-corrected chi connectivity index (χ3v) is 4.71. The third-order valence-electron chi connectivity index (χ3n) is 4.47. The SMILES string of the molecule is Cc1cc(NCc2cc3cc(Cl)ccc3[nH]c2=O)cc2c(C#N)c[nH]c12. The first kappa shape index (κ1) is 16.2. The summed E-state index contributed by atoms with van der Waals surface area (Å²) >= 11 is 6.04. The van der Waals surface area contributed by atoms with Gasteiger partial charge in [0.25, 0.3) is 5.56 Å². The van der Waals surface area contributed by atoms with Gasteiger partial charge in [-0.3, -0.25) is 4.79 Å². The summed E-state index contributed by atoms with van der Waals surface area (Å²) in [5.74, 6) is 0. The number of nitrogens with one attached hydrogen (secondary N) is 3. The number of H-pyrrole nitrogens is 2. The van der Waals surface area contributed by atoms with Crippen LogP contribution in [-0.4, -0.2) is 9.97 Å². The van der Waals surface area contributed by atoms with Gasteiger partial charge in [0.2, 0.25) is 0 Å². The maximum absolute atomic E-state index is 12.3. The first-order valence-electron chi connectivity index (χ1n) is 8.12. The molecule has 0 saturated heterocycles. The van der Waals surface area contributed by atoms with Crippen LogP contribution in [0.1, 0.15) is 16.7 Å². The second-order valence-electron chi connectivity index (χ2n) is 6.24. The second kappa shape index (κ2) is 6.25. The van der Waals surface area contributed by atoms with Gasteiger partial charge in [0, 0.05) is 50.8 Å². The minimum atomic E-state index is -0.135. The number of halogens is 1. The number of benzene rings is 2. The van der Waals surface area contributed by atoms with Gasteiger partial charge in [-0.25, -0.2) is 0 Å². The number of aryl methyl sites for hydroxylation is 1. The molecule has 0 atom stereocenters. The number of hydrogen-bond donors (Lipinski definition) is 3. The van der Waals surface area contributed by atoms with Gasteiger partial charge in [-0.1, -0.05) is 11.6 Å². The van der Waals surface area contributed by atoms with E-state index in [2.05, 4.69) is 21.4 Å². The van der Waals surface area contributed by atoms with E-state index < -0.39 is 0 Å². The van der Waals surface area contributed by atoms with Gasteiger partial charge in [-0.2, -0.15) is 5.26 Å². The van der Waals surface area contributed by atoms with Gasteiger partial charge >= 0.3 is 0 Å². The van der Waals surface area contributed by atoms with Crippen LogP contribution >= 0.6 is 11.6 Å². The fourth-order valence-electron chi connectivity index (χ4n) is 3.16. The van der Waals surface area contributed by atoms with E-state index >= 15 is 0 Å². The summed E-state index contributed by atoms with van der Waals surface area (Å²) in [4.78, 5) is 18.3. The molecule has 0 aliphatic heterocycles. The number of aromatic nitrogens is 2. The zero-order valence-corrected chi connectivity index (χ0v) is 14.7. The average molecular weight is 363 g/mol. The molecular formula is C20H15ClN4O. The van der Waals surface area contributed by atoms with Crippen LogP contribution in [0.15, 0.2) is 47.4 Å². The molecule has 0 aliphatic carbocycles. The molecular weight excluding hydrogens is 348 g/mol. The molecule has 4 aromatic rings. The number of nitriles is 1. The molecule has 0 fully saturated rings. The Labute approximate surface area is 154 Å². The number of hydrogen-bond acceptors (Lipinski definition) is 3. The Hall–Kier alpha value is -3.23. The van der Waals surface area contributed by atoms with Crippen molar-refractivity contribution in [3.8, 4) is 6.07 Å². The molecule has 0 spiro atoms. The van der Waals surface area contributed by atoms with Crippen LogP contribution < -0.4 is 10.9 Å². The molecule has 0 radical (unpaired) electrons. The Morgan fingerprint density at radius 3 is 2.88 bits per heavy atom. The minimum Gasteiger partial charge on any atom is -0.381 e. The molecule has 4 rings (SSSR count). The molecule has 0 saturated carbocycles. The molecule has 2 aromatic heterocycles. The lowest BCUT2D eigenvalue weighted by Gasteiger charge is -2.09. The van der Waals surface area contributed by atoms with E-state index in [1.807, 2.05) is 31.2 Å². The highest BCUT2D eigenvalue weighted by Gasteiger charge is 2.09. The topological polar surface area (TPSA) is 84.5 Å². The quantitative estimate of drug-likeness (QED) is 0.503. The Morgan fingerprint density at radius 2 is 2.08 bits per heavy atom. The number of anilines is 1. The fourth-order valence-corrected chi connectivity index (χ4v) is 3.34. The standard InChI is InChI=1S/C20H15ClN4O/c1-11-4-16(7-17-14(8-22)10-24-19(11)17)23-9-13-5-12-6-15(21)2-3-18(12)25-20(13)26/h2-7,10,23-24H,9H2,1H3,(H,25,26). The number of rotatable bonds is 3. The van der Waals surface area contributed by atoms with E-state index in [-0.39, 0.29) is 5.56 Å². The summed E-state index contributed by atoms with van der Waals surface area (Å²) in [5, 5.41) is 14.9. The Morgan fingerprint density at radius 1 is 1.23 bits per heavy atom. The molecule has 0 bridgehead atoms. The van der Waals surface area contributed by atoms with Gasteiger partial charge < -0.3 is 15.3 Å². The molecule has 5 nitrogen and oxygen atoms in total. The van der Waals surface area contributed by atoms with Crippen molar-refractivity contribution < 1.29 is 0 Å². The molecule has 128 valence electrons. The van der Waals surface area contributed by atoms with E-state index in [0.29, 0.717) is 22.7 Å². The van der Waals surface area contributed by atoms with E-state index in [0.717, 1.165) is 33.1 Å². The zero-order valence-electron chi connectivity index (χ0n) is 14.0. The molecule has 2 aromatic carbocycles. The second-order valence-corrected chi connectivity index (χ2v) is 6.68. The molecule has 6 heteroatoms. The lowest BCUT2D eigenvalue weighted by Crippen LogP contribution is -2.15. The van der Waals surface area contributed by atoms with Crippen LogP contribution in [-0.2, 0) is 6.54 Å². The van der Waals surface area contributed by atoms with E-state index in [1.54, 1.807) is 18.3 Å². The van der Waals surface area contributed by atoms with E-state index in [9.17, 15) is 10.1 Å². The molecule has 26 heavy (non-hydrogen) atoms. The predicted octanol–water partition coefficient (Wildman–Crippen LogP) is 4.46. The third kappa shape index (κ3) is 2.81. The maximum Gasteiger partial charge on any atom is 0.253 e. The highest BCUT2D eigenvalue weighted by atomic mass is 35.5. The Kier molecular flexibility index (Phi) is 3.90. The normalized spacial score (nSPS) is 11.0. The van der Waals surface area contributed by atoms with Crippen molar-refractivity contribution in [3.63, 3.8) is 0 Å². The van der Waals surface area contributed by atoms with Crippen molar-refractivity contribution in [2.45, 2.75) is 13.5 Å². The smallest absolute Gasteiger partial charge is 0.253 e. The van der Waals surface area contributed by atoms with Crippen LogP contribution in [0.5, 0.6) is 0 Å². The highest BCUT2D eigenvalue weighted by molar-refractivity contribution is 6.31.